The fourth-order valence-corrected chi connectivity index (χ4v) is 6.15. The molecule has 0 spiro atoms. The highest BCUT2D eigenvalue weighted by Gasteiger charge is 2.22. The predicted molar refractivity (Wildman–Crippen MR) is 154 cm³/mol. The van der Waals surface area contributed by atoms with E-state index < -0.39 is 0 Å². The Labute approximate surface area is 228 Å². The number of hydrogen-bond donors (Lipinski definition) is 0. The molecule has 0 aliphatic carbocycles. The molecule has 2 aliphatic heterocycles. The Balaban J connectivity index is 1.24. The highest BCUT2D eigenvalue weighted by molar-refractivity contribution is 7.15. The first-order valence-corrected chi connectivity index (χ1v) is 14.4. The summed E-state index contributed by atoms with van der Waals surface area (Å²) in [5, 5.41) is 1.16. The summed E-state index contributed by atoms with van der Waals surface area (Å²) < 4.78 is 27.0. The van der Waals surface area contributed by atoms with E-state index in [2.05, 4.69) is 40.7 Å². The van der Waals surface area contributed by atoms with Gasteiger partial charge in [0.2, 0.25) is 0 Å². The quantitative estimate of drug-likeness (QED) is 0.334. The number of piperidine rings is 1. The zero-order chi connectivity index (χ0) is 26.5. The summed E-state index contributed by atoms with van der Waals surface area (Å²) in [7, 11) is 0. The molecule has 5 rings (SSSR count). The van der Waals surface area contributed by atoms with Crippen LogP contribution >= 0.6 is 11.3 Å². The van der Waals surface area contributed by atoms with Gasteiger partial charge in [-0.2, -0.15) is 0 Å². The number of aryl methyl sites for hydroxylation is 2. The minimum atomic E-state index is -0.227. The minimum absolute atomic E-state index is 0.225. The van der Waals surface area contributed by atoms with E-state index in [9.17, 15) is 8.78 Å². The maximum absolute atomic E-state index is 13.5. The zero-order valence-corrected chi connectivity index (χ0v) is 23.1. The highest BCUT2D eigenvalue weighted by atomic mass is 32.1. The number of piperazine rings is 1. The molecular weight excluding hydrogens is 498 g/mol. The van der Waals surface area contributed by atoms with Crippen LogP contribution in [0.25, 0.3) is 12.2 Å². The van der Waals surface area contributed by atoms with Crippen molar-refractivity contribution in [1.82, 2.24) is 14.8 Å². The number of anilines is 1. The van der Waals surface area contributed by atoms with Crippen LogP contribution < -0.4 is 4.90 Å². The third-order valence-electron chi connectivity index (χ3n) is 7.49. The average molecular weight is 535 g/mol. The summed E-state index contributed by atoms with van der Waals surface area (Å²) >= 11 is 1.80. The number of allylic oxidation sites excluding steroid dienone is 1. The van der Waals surface area contributed by atoms with Crippen molar-refractivity contribution >= 4 is 28.6 Å². The number of nitrogens with zero attached hydrogens (tertiary/aromatic N) is 4. The third kappa shape index (κ3) is 6.69. The Morgan fingerprint density at radius 3 is 2.05 bits per heavy atom. The molecule has 1 aromatic heterocycles. The second-order valence-electron chi connectivity index (χ2n) is 10.2. The van der Waals surface area contributed by atoms with E-state index in [1.54, 1.807) is 11.3 Å². The zero-order valence-electron chi connectivity index (χ0n) is 22.3. The van der Waals surface area contributed by atoms with Gasteiger partial charge in [-0.3, -0.25) is 4.90 Å². The van der Waals surface area contributed by atoms with Gasteiger partial charge in [0.05, 0.1) is 5.69 Å². The van der Waals surface area contributed by atoms with Crippen molar-refractivity contribution in [2.45, 2.75) is 33.1 Å². The molecule has 2 fully saturated rings. The average Bonchev–Trinajstić information content (AvgIpc) is 3.26. The summed E-state index contributed by atoms with van der Waals surface area (Å²) in [4.78, 5) is 13.5. The first-order chi connectivity index (χ1) is 18.4. The van der Waals surface area contributed by atoms with E-state index in [1.807, 2.05) is 24.3 Å². The lowest BCUT2D eigenvalue weighted by Gasteiger charge is -2.36. The lowest BCUT2D eigenvalue weighted by molar-refractivity contribution is 0.233. The van der Waals surface area contributed by atoms with Crippen LogP contribution in [0.2, 0.25) is 0 Å². The van der Waals surface area contributed by atoms with Gasteiger partial charge in [0, 0.05) is 49.8 Å². The molecule has 3 heterocycles. The highest BCUT2D eigenvalue weighted by Crippen LogP contribution is 2.31. The van der Waals surface area contributed by atoms with E-state index in [0.717, 1.165) is 87.0 Å². The van der Waals surface area contributed by atoms with Gasteiger partial charge in [-0.05, 0) is 92.8 Å². The number of likely N-dealkylation sites (tertiary alicyclic amines) is 1. The number of rotatable bonds is 7. The van der Waals surface area contributed by atoms with Gasteiger partial charge in [-0.1, -0.05) is 24.3 Å². The Bertz CT molecular complexity index is 1250. The van der Waals surface area contributed by atoms with Gasteiger partial charge in [0.15, 0.2) is 5.13 Å². The molecule has 0 saturated carbocycles. The second-order valence-corrected chi connectivity index (χ2v) is 11.4. The number of hydrogen-bond acceptors (Lipinski definition) is 5. The molecule has 4 nitrogen and oxygen atoms in total. The van der Waals surface area contributed by atoms with Crippen molar-refractivity contribution < 1.29 is 8.78 Å². The van der Waals surface area contributed by atoms with Crippen LogP contribution in [0, 0.1) is 25.5 Å². The van der Waals surface area contributed by atoms with Gasteiger partial charge in [0.1, 0.15) is 11.6 Å². The molecule has 7 heteroatoms. The normalized spacial score (nSPS) is 19.1. The van der Waals surface area contributed by atoms with Crippen LogP contribution in [0.5, 0.6) is 0 Å². The maximum atomic E-state index is 13.5. The molecule has 2 aromatic carbocycles. The molecule has 38 heavy (non-hydrogen) atoms. The molecule has 0 N–H and O–H groups in total. The van der Waals surface area contributed by atoms with Crippen LogP contribution in [0.4, 0.5) is 13.9 Å². The van der Waals surface area contributed by atoms with Gasteiger partial charge in [-0.25, -0.2) is 13.8 Å². The van der Waals surface area contributed by atoms with Crippen LogP contribution in [0.3, 0.4) is 0 Å². The molecule has 2 saturated heterocycles. The fraction of sp³-hybridized carbons (Fsp3) is 0.387. The molecule has 0 radical (unpaired) electrons. The summed E-state index contributed by atoms with van der Waals surface area (Å²) in [6, 6.07) is 13.3. The van der Waals surface area contributed by atoms with Crippen molar-refractivity contribution in [3.05, 3.63) is 93.1 Å². The van der Waals surface area contributed by atoms with Gasteiger partial charge >= 0.3 is 0 Å². The smallest absolute Gasteiger partial charge is 0.185 e. The standard InChI is InChI=1S/C31H36F2N4S/c1-23-24(2)38-31(34-23)37-19-17-35(18-20-37)14-4-16-36-15-3-5-27(21-25-6-10-28(32)11-7-25)30(36)22-26-8-12-29(33)13-9-26/h6-13,21-22H,3-5,14-20H2,1-2H3. The molecule has 0 amide bonds. The topological polar surface area (TPSA) is 22.6 Å². The SMILES string of the molecule is Cc1nc(N2CCN(CCCN3CCCC(=Cc4ccc(F)cc4)C3=Cc3ccc(F)cc3)CC2)sc1C. The molecule has 2 aliphatic rings. The van der Waals surface area contributed by atoms with Gasteiger partial charge in [-0.15, -0.1) is 11.3 Å². The van der Waals surface area contributed by atoms with Crippen LogP contribution in [0.15, 0.2) is 59.8 Å². The minimum Gasteiger partial charge on any atom is -0.371 e. The molecule has 200 valence electrons. The van der Waals surface area contributed by atoms with Gasteiger partial charge < -0.3 is 9.80 Å². The largest absolute Gasteiger partial charge is 0.371 e. The third-order valence-corrected chi connectivity index (χ3v) is 8.62. The number of halogens is 2. The van der Waals surface area contributed by atoms with Crippen molar-refractivity contribution in [2.24, 2.45) is 0 Å². The summed E-state index contributed by atoms with van der Waals surface area (Å²) in [6.45, 7) is 11.5. The lowest BCUT2D eigenvalue weighted by Crippen LogP contribution is -2.47. The Morgan fingerprint density at radius 2 is 1.45 bits per heavy atom. The van der Waals surface area contributed by atoms with E-state index in [-0.39, 0.29) is 11.6 Å². The predicted octanol–water partition coefficient (Wildman–Crippen LogP) is 6.77. The van der Waals surface area contributed by atoms with Crippen molar-refractivity contribution in [2.75, 3.05) is 50.7 Å². The monoisotopic (exact) mass is 534 g/mol. The second kappa shape index (κ2) is 12.2. The summed E-state index contributed by atoms with van der Waals surface area (Å²) in [5.74, 6) is -0.452. The van der Waals surface area contributed by atoms with E-state index in [0.29, 0.717) is 0 Å². The van der Waals surface area contributed by atoms with Crippen LogP contribution in [-0.4, -0.2) is 60.6 Å². The molecule has 0 bridgehead atoms. The van der Waals surface area contributed by atoms with Crippen LogP contribution in [-0.2, 0) is 0 Å². The fourth-order valence-electron chi connectivity index (χ4n) is 5.19. The van der Waals surface area contributed by atoms with Crippen molar-refractivity contribution in [3.63, 3.8) is 0 Å². The number of benzene rings is 2. The number of thiazole rings is 1. The van der Waals surface area contributed by atoms with E-state index in [1.165, 1.54) is 40.4 Å². The molecule has 3 aromatic rings. The summed E-state index contributed by atoms with van der Waals surface area (Å²) in [6.07, 6.45) is 7.48. The summed E-state index contributed by atoms with van der Waals surface area (Å²) in [5.41, 5.74) is 5.56. The first-order valence-electron chi connectivity index (χ1n) is 13.5. The Kier molecular flexibility index (Phi) is 8.55. The first kappa shape index (κ1) is 26.6. The lowest BCUT2D eigenvalue weighted by atomic mass is 9.96. The Morgan fingerprint density at radius 1 is 0.816 bits per heavy atom. The number of aromatic nitrogens is 1. The maximum Gasteiger partial charge on any atom is 0.185 e. The van der Waals surface area contributed by atoms with Crippen LogP contribution in [0.1, 0.15) is 41.0 Å². The Hall–Kier alpha value is -3.03. The van der Waals surface area contributed by atoms with Crippen molar-refractivity contribution in [1.29, 1.82) is 0 Å². The van der Waals surface area contributed by atoms with E-state index >= 15 is 0 Å². The van der Waals surface area contributed by atoms with Crippen molar-refractivity contribution in [3.8, 4) is 0 Å². The molecule has 0 atom stereocenters. The van der Waals surface area contributed by atoms with Gasteiger partial charge in [0.25, 0.3) is 0 Å². The molecule has 0 unspecified atom stereocenters. The van der Waals surface area contributed by atoms with E-state index in [4.69, 9.17) is 4.98 Å². The molecular formula is C31H36F2N4S.